The highest BCUT2D eigenvalue weighted by atomic mass is 32.1. The zero-order valence-electron chi connectivity index (χ0n) is 13.2. The van der Waals surface area contributed by atoms with Crippen molar-refractivity contribution < 1.29 is 9.53 Å². The van der Waals surface area contributed by atoms with Crippen LogP contribution in [0.3, 0.4) is 0 Å². The smallest absolute Gasteiger partial charge is 0.229 e. The van der Waals surface area contributed by atoms with Gasteiger partial charge in [0, 0.05) is 18.0 Å². The van der Waals surface area contributed by atoms with Gasteiger partial charge in [0.2, 0.25) is 5.91 Å². The van der Waals surface area contributed by atoms with E-state index < -0.39 is 0 Å². The molecular formula is C18H15N3O2S. The van der Waals surface area contributed by atoms with Crippen molar-refractivity contribution in [3.63, 3.8) is 0 Å². The van der Waals surface area contributed by atoms with E-state index in [1.807, 2.05) is 48.5 Å². The number of nitrogens with zero attached hydrogens (tertiary/aromatic N) is 2. The van der Waals surface area contributed by atoms with Crippen LogP contribution in [0.5, 0.6) is 5.75 Å². The standard InChI is InChI=1S/C18H15N3O2S/c1-11(22)21-15-6-4-3-5-14(15)16-17(21)24-18(20-16)19-12-7-9-13(23-2)10-8-12/h3-10H,1-2H3,(H,19,20). The van der Waals surface area contributed by atoms with E-state index in [0.717, 1.165) is 37.8 Å². The molecule has 5 nitrogen and oxygen atoms in total. The SMILES string of the molecule is COc1ccc(Nc2nc3c4ccccc4n(C(C)=O)c3s2)cc1. The molecule has 120 valence electrons. The van der Waals surface area contributed by atoms with E-state index in [0.29, 0.717) is 0 Å². The van der Waals surface area contributed by atoms with Crippen LogP contribution < -0.4 is 10.1 Å². The van der Waals surface area contributed by atoms with Crippen molar-refractivity contribution in [2.45, 2.75) is 6.92 Å². The highest BCUT2D eigenvalue weighted by Gasteiger charge is 2.17. The minimum absolute atomic E-state index is 0.0131. The summed E-state index contributed by atoms with van der Waals surface area (Å²) in [6.07, 6.45) is 0. The van der Waals surface area contributed by atoms with Gasteiger partial charge in [-0.2, -0.15) is 0 Å². The van der Waals surface area contributed by atoms with Crippen molar-refractivity contribution >= 4 is 49.3 Å². The van der Waals surface area contributed by atoms with E-state index in [1.54, 1.807) is 18.6 Å². The average Bonchev–Trinajstić information content (AvgIpc) is 3.11. The van der Waals surface area contributed by atoms with E-state index in [9.17, 15) is 4.79 Å². The number of ether oxygens (including phenoxy) is 1. The summed E-state index contributed by atoms with van der Waals surface area (Å²) in [5.41, 5.74) is 2.67. The first-order valence-electron chi connectivity index (χ1n) is 7.49. The van der Waals surface area contributed by atoms with Crippen molar-refractivity contribution in [3.05, 3.63) is 48.5 Å². The van der Waals surface area contributed by atoms with E-state index in [2.05, 4.69) is 10.3 Å². The summed E-state index contributed by atoms with van der Waals surface area (Å²) in [7, 11) is 1.64. The second-order valence-electron chi connectivity index (χ2n) is 5.40. The predicted molar refractivity (Wildman–Crippen MR) is 97.7 cm³/mol. The fourth-order valence-corrected chi connectivity index (χ4v) is 3.84. The van der Waals surface area contributed by atoms with E-state index in [4.69, 9.17) is 4.74 Å². The number of hydrogen-bond acceptors (Lipinski definition) is 5. The molecule has 6 heteroatoms. The highest BCUT2D eigenvalue weighted by molar-refractivity contribution is 7.22. The lowest BCUT2D eigenvalue weighted by Gasteiger charge is -2.04. The van der Waals surface area contributed by atoms with Crippen LogP contribution in [0.2, 0.25) is 0 Å². The number of fused-ring (bicyclic) bond motifs is 3. The molecule has 2 aromatic carbocycles. The molecule has 2 heterocycles. The van der Waals surface area contributed by atoms with Crippen molar-refractivity contribution in [3.8, 4) is 5.75 Å². The first-order valence-corrected chi connectivity index (χ1v) is 8.31. The normalized spacial score (nSPS) is 11.1. The van der Waals surface area contributed by atoms with Crippen LogP contribution in [0, 0.1) is 0 Å². The molecule has 0 atom stereocenters. The highest BCUT2D eigenvalue weighted by Crippen LogP contribution is 2.35. The predicted octanol–water partition coefficient (Wildman–Crippen LogP) is 4.66. The van der Waals surface area contributed by atoms with Crippen molar-refractivity contribution in [2.75, 3.05) is 12.4 Å². The second kappa shape index (κ2) is 5.65. The van der Waals surface area contributed by atoms with Crippen LogP contribution in [0.1, 0.15) is 11.7 Å². The third-order valence-corrected chi connectivity index (χ3v) is 4.82. The summed E-state index contributed by atoms with van der Waals surface area (Å²) in [6.45, 7) is 1.57. The maximum absolute atomic E-state index is 12.1. The van der Waals surface area contributed by atoms with E-state index in [1.165, 1.54) is 11.3 Å². The molecule has 4 aromatic rings. The van der Waals surface area contributed by atoms with Crippen LogP contribution in [-0.4, -0.2) is 22.6 Å². The summed E-state index contributed by atoms with van der Waals surface area (Å²) in [4.78, 5) is 17.6. The molecule has 0 fully saturated rings. The fraction of sp³-hybridized carbons (Fsp3) is 0.111. The van der Waals surface area contributed by atoms with E-state index in [-0.39, 0.29) is 5.91 Å². The first-order chi connectivity index (χ1) is 11.7. The van der Waals surface area contributed by atoms with Gasteiger partial charge in [0.15, 0.2) is 5.13 Å². The molecule has 0 amide bonds. The molecule has 0 unspecified atom stereocenters. The number of carbonyl (C=O) groups excluding carboxylic acids is 1. The summed E-state index contributed by atoms with van der Waals surface area (Å²) in [5, 5.41) is 5.03. The van der Waals surface area contributed by atoms with Gasteiger partial charge < -0.3 is 10.1 Å². The summed E-state index contributed by atoms with van der Waals surface area (Å²) in [6, 6.07) is 15.5. The molecule has 0 aliphatic carbocycles. The third kappa shape index (κ3) is 2.32. The monoisotopic (exact) mass is 337 g/mol. The lowest BCUT2D eigenvalue weighted by atomic mass is 10.2. The van der Waals surface area contributed by atoms with Gasteiger partial charge in [0.25, 0.3) is 0 Å². The number of benzene rings is 2. The number of nitrogens with one attached hydrogen (secondary N) is 1. The van der Waals surface area contributed by atoms with Crippen molar-refractivity contribution in [1.29, 1.82) is 0 Å². The molecule has 0 spiro atoms. The number of para-hydroxylation sites is 1. The van der Waals surface area contributed by atoms with Crippen LogP contribution >= 0.6 is 11.3 Å². The lowest BCUT2D eigenvalue weighted by Crippen LogP contribution is -2.03. The first kappa shape index (κ1) is 14.7. The largest absolute Gasteiger partial charge is 0.497 e. The number of rotatable bonds is 3. The lowest BCUT2D eigenvalue weighted by molar-refractivity contribution is 0.0947. The molecule has 0 bridgehead atoms. The van der Waals surface area contributed by atoms with Gasteiger partial charge in [-0.25, -0.2) is 4.98 Å². The summed E-state index contributed by atoms with van der Waals surface area (Å²) < 4.78 is 6.89. The number of anilines is 2. The number of methoxy groups -OCH3 is 1. The minimum Gasteiger partial charge on any atom is -0.497 e. The molecular weight excluding hydrogens is 322 g/mol. The van der Waals surface area contributed by atoms with Crippen LogP contribution in [-0.2, 0) is 0 Å². The Balaban J connectivity index is 1.80. The van der Waals surface area contributed by atoms with Gasteiger partial charge in [-0.3, -0.25) is 9.36 Å². The molecule has 24 heavy (non-hydrogen) atoms. The number of hydrogen-bond donors (Lipinski definition) is 1. The Morgan fingerprint density at radius 3 is 2.62 bits per heavy atom. The van der Waals surface area contributed by atoms with Gasteiger partial charge >= 0.3 is 0 Å². The molecule has 0 aliphatic heterocycles. The topological polar surface area (TPSA) is 56.1 Å². The number of thiazole rings is 1. The van der Waals surface area contributed by atoms with E-state index >= 15 is 0 Å². The summed E-state index contributed by atoms with van der Waals surface area (Å²) >= 11 is 1.47. The van der Waals surface area contributed by atoms with Crippen LogP contribution in [0.15, 0.2) is 48.5 Å². The van der Waals surface area contributed by atoms with Gasteiger partial charge in [-0.1, -0.05) is 29.5 Å². The Morgan fingerprint density at radius 1 is 1.17 bits per heavy atom. The number of carbonyl (C=O) groups is 1. The van der Waals surface area contributed by atoms with Gasteiger partial charge in [0.1, 0.15) is 16.1 Å². The Kier molecular flexibility index (Phi) is 3.46. The molecule has 0 saturated heterocycles. The van der Waals surface area contributed by atoms with Gasteiger partial charge in [-0.05, 0) is 30.3 Å². The molecule has 4 rings (SSSR count). The Morgan fingerprint density at radius 2 is 1.92 bits per heavy atom. The van der Waals surface area contributed by atoms with Crippen molar-refractivity contribution in [2.24, 2.45) is 0 Å². The Bertz CT molecular complexity index is 1050. The summed E-state index contributed by atoms with van der Waals surface area (Å²) in [5.74, 6) is 0.791. The molecule has 0 saturated carbocycles. The maximum Gasteiger partial charge on any atom is 0.229 e. The van der Waals surface area contributed by atoms with Gasteiger partial charge in [-0.15, -0.1) is 0 Å². The minimum atomic E-state index is -0.0131. The third-order valence-electron chi connectivity index (χ3n) is 3.87. The molecule has 0 aliphatic rings. The maximum atomic E-state index is 12.1. The quantitative estimate of drug-likeness (QED) is 0.590. The van der Waals surface area contributed by atoms with Crippen molar-refractivity contribution in [1.82, 2.24) is 9.55 Å². The Labute approximate surface area is 142 Å². The molecule has 0 radical (unpaired) electrons. The van der Waals surface area contributed by atoms with Crippen LogP contribution in [0.4, 0.5) is 10.8 Å². The second-order valence-corrected chi connectivity index (χ2v) is 6.38. The van der Waals surface area contributed by atoms with Crippen LogP contribution in [0.25, 0.3) is 21.3 Å². The molecule has 2 aromatic heterocycles. The zero-order chi connectivity index (χ0) is 16.7. The molecule has 1 N–H and O–H groups in total. The Hall–Kier alpha value is -2.86. The average molecular weight is 337 g/mol. The van der Waals surface area contributed by atoms with Gasteiger partial charge in [0.05, 0.1) is 12.6 Å². The fourth-order valence-electron chi connectivity index (χ4n) is 2.78. The number of aromatic nitrogens is 2. The zero-order valence-corrected chi connectivity index (χ0v) is 14.1.